The van der Waals surface area contributed by atoms with Gasteiger partial charge in [0.2, 0.25) is 0 Å². The molecule has 20 heavy (non-hydrogen) atoms. The van der Waals surface area contributed by atoms with Crippen LogP contribution in [0, 0.1) is 5.82 Å². The van der Waals surface area contributed by atoms with Gasteiger partial charge >= 0.3 is 0 Å². The molecule has 1 saturated heterocycles. The summed E-state index contributed by atoms with van der Waals surface area (Å²) in [5, 5.41) is 12.7. The molecule has 2 N–H and O–H groups in total. The van der Waals surface area contributed by atoms with E-state index >= 15 is 0 Å². The van der Waals surface area contributed by atoms with Crippen molar-refractivity contribution in [3.8, 4) is 0 Å². The first kappa shape index (κ1) is 14.7. The molecule has 0 bridgehead atoms. The van der Waals surface area contributed by atoms with Gasteiger partial charge in [-0.3, -0.25) is 4.79 Å². The van der Waals surface area contributed by atoms with Crippen molar-refractivity contribution >= 4 is 11.7 Å². The molecule has 0 saturated carbocycles. The number of amides is 1. The molecule has 1 aromatic rings. The van der Waals surface area contributed by atoms with E-state index in [-0.39, 0.29) is 17.3 Å². The monoisotopic (exact) mass is 281 g/mol. The minimum Gasteiger partial charge on any atom is -0.390 e. The van der Waals surface area contributed by atoms with Gasteiger partial charge in [0.1, 0.15) is 0 Å². The predicted molar refractivity (Wildman–Crippen MR) is 74.1 cm³/mol. The lowest BCUT2D eigenvalue weighted by Gasteiger charge is -2.35. The number of hydrogen-bond donors (Lipinski definition) is 2. The van der Waals surface area contributed by atoms with Gasteiger partial charge in [-0.2, -0.15) is 0 Å². The van der Waals surface area contributed by atoms with Crippen LogP contribution in [-0.4, -0.2) is 46.1 Å². The lowest BCUT2D eigenvalue weighted by Crippen LogP contribution is -2.45. The van der Waals surface area contributed by atoms with E-state index in [9.17, 15) is 14.3 Å². The van der Waals surface area contributed by atoms with Crippen LogP contribution in [0.5, 0.6) is 0 Å². The van der Waals surface area contributed by atoms with E-state index < -0.39 is 11.4 Å². The van der Waals surface area contributed by atoms with Crippen LogP contribution in [0.2, 0.25) is 0 Å². The number of nitrogens with one attached hydrogen (secondary N) is 1. The zero-order valence-electron chi connectivity index (χ0n) is 11.8. The molecule has 1 aromatic heterocycles. The lowest BCUT2D eigenvalue weighted by atomic mass is 9.93. The molecule has 0 radical (unpaired) electrons. The molecule has 2 rings (SSSR count). The number of aromatic nitrogens is 1. The number of carbonyl (C=O) groups is 1. The number of nitrogens with zero attached hydrogens (tertiary/aromatic N) is 2. The topological polar surface area (TPSA) is 65.5 Å². The summed E-state index contributed by atoms with van der Waals surface area (Å²) < 4.78 is 14.2. The van der Waals surface area contributed by atoms with Crippen LogP contribution < -0.4 is 5.32 Å². The molecule has 0 atom stereocenters. The Morgan fingerprint density at radius 1 is 1.55 bits per heavy atom. The molecule has 1 amide bonds. The van der Waals surface area contributed by atoms with Crippen molar-refractivity contribution in [3.63, 3.8) is 0 Å². The number of halogens is 1. The second-order valence-corrected chi connectivity index (χ2v) is 5.34. The van der Waals surface area contributed by atoms with Crippen LogP contribution in [0.25, 0.3) is 0 Å². The van der Waals surface area contributed by atoms with Gasteiger partial charge in [-0.05, 0) is 32.8 Å². The third kappa shape index (κ3) is 3.07. The van der Waals surface area contributed by atoms with Crippen molar-refractivity contribution in [2.75, 3.05) is 25.0 Å². The fourth-order valence-electron chi connectivity index (χ4n) is 2.26. The van der Waals surface area contributed by atoms with Crippen LogP contribution in [-0.2, 0) is 0 Å². The number of rotatable bonds is 3. The van der Waals surface area contributed by atoms with Crippen molar-refractivity contribution in [2.24, 2.45) is 0 Å². The normalized spacial score (nSPS) is 17.9. The Kier molecular flexibility index (Phi) is 4.23. The van der Waals surface area contributed by atoms with Gasteiger partial charge < -0.3 is 15.3 Å². The molecular formula is C14H20FN3O2. The molecule has 2 heterocycles. The fourth-order valence-corrected chi connectivity index (χ4v) is 2.26. The molecule has 5 nitrogen and oxygen atoms in total. The molecular weight excluding hydrogens is 261 g/mol. The zero-order valence-corrected chi connectivity index (χ0v) is 11.8. The van der Waals surface area contributed by atoms with E-state index in [2.05, 4.69) is 10.3 Å². The van der Waals surface area contributed by atoms with Crippen LogP contribution in [0.4, 0.5) is 10.2 Å². The van der Waals surface area contributed by atoms with Crippen LogP contribution in [0.15, 0.2) is 12.3 Å². The Labute approximate surface area is 117 Å². The largest absolute Gasteiger partial charge is 0.390 e. The highest BCUT2D eigenvalue weighted by atomic mass is 19.1. The Morgan fingerprint density at radius 2 is 2.20 bits per heavy atom. The smallest absolute Gasteiger partial charge is 0.257 e. The molecule has 1 aliphatic rings. The summed E-state index contributed by atoms with van der Waals surface area (Å²) >= 11 is 0. The maximum atomic E-state index is 14.2. The Hall–Kier alpha value is -1.69. The Balaban J connectivity index is 2.16. The van der Waals surface area contributed by atoms with E-state index in [4.69, 9.17) is 0 Å². The molecule has 0 aliphatic carbocycles. The molecule has 1 fully saturated rings. The first-order valence-corrected chi connectivity index (χ1v) is 6.84. The van der Waals surface area contributed by atoms with E-state index in [1.165, 1.54) is 12.3 Å². The third-order valence-corrected chi connectivity index (χ3v) is 3.59. The summed E-state index contributed by atoms with van der Waals surface area (Å²) in [5.41, 5.74) is -0.708. The van der Waals surface area contributed by atoms with Crippen LogP contribution in [0.1, 0.15) is 37.0 Å². The second kappa shape index (κ2) is 5.75. The van der Waals surface area contributed by atoms with Crippen molar-refractivity contribution in [1.82, 2.24) is 9.88 Å². The number of piperidine rings is 1. The zero-order chi connectivity index (χ0) is 14.8. The minimum atomic E-state index is -0.734. The molecule has 0 spiro atoms. The standard InChI is InChI=1S/C14H20FN3O2/c1-3-16-12-11(15)10(4-7-17-12)13(19)18-8-5-14(2,20)6-9-18/h4,7,20H,3,5-6,8-9H2,1-2H3,(H,16,17). The molecule has 110 valence electrons. The average Bonchev–Trinajstić information content (AvgIpc) is 2.41. The molecule has 6 heteroatoms. The predicted octanol–water partition coefficient (Wildman–Crippen LogP) is 1.64. The van der Waals surface area contributed by atoms with Crippen molar-refractivity contribution in [3.05, 3.63) is 23.6 Å². The lowest BCUT2D eigenvalue weighted by molar-refractivity contribution is -0.00213. The van der Waals surface area contributed by atoms with Crippen molar-refractivity contribution in [2.45, 2.75) is 32.3 Å². The highest BCUT2D eigenvalue weighted by molar-refractivity contribution is 5.95. The van der Waals surface area contributed by atoms with E-state index in [0.29, 0.717) is 32.5 Å². The highest BCUT2D eigenvalue weighted by Gasteiger charge is 2.31. The summed E-state index contributed by atoms with van der Waals surface area (Å²) in [4.78, 5) is 17.8. The summed E-state index contributed by atoms with van der Waals surface area (Å²) in [6.45, 7) is 5.00. The second-order valence-electron chi connectivity index (χ2n) is 5.34. The Bertz CT molecular complexity index is 495. The van der Waals surface area contributed by atoms with Gasteiger partial charge in [-0.25, -0.2) is 9.37 Å². The van der Waals surface area contributed by atoms with E-state index in [1.54, 1.807) is 11.8 Å². The number of likely N-dealkylation sites (tertiary alicyclic amines) is 1. The number of hydrogen-bond acceptors (Lipinski definition) is 4. The van der Waals surface area contributed by atoms with Gasteiger partial charge in [0.25, 0.3) is 5.91 Å². The number of anilines is 1. The third-order valence-electron chi connectivity index (χ3n) is 3.59. The Morgan fingerprint density at radius 3 is 2.80 bits per heavy atom. The summed E-state index contributed by atoms with van der Waals surface area (Å²) in [6.07, 6.45) is 2.44. The van der Waals surface area contributed by atoms with E-state index in [1.807, 2.05) is 6.92 Å². The van der Waals surface area contributed by atoms with Gasteiger partial charge in [0.15, 0.2) is 11.6 Å². The van der Waals surface area contributed by atoms with Crippen molar-refractivity contribution < 1.29 is 14.3 Å². The molecule has 0 aromatic carbocycles. The first-order chi connectivity index (χ1) is 9.44. The quantitative estimate of drug-likeness (QED) is 0.884. The summed E-state index contributed by atoms with van der Waals surface area (Å²) in [7, 11) is 0. The number of aliphatic hydroxyl groups is 1. The number of pyridine rings is 1. The maximum Gasteiger partial charge on any atom is 0.257 e. The van der Waals surface area contributed by atoms with Crippen LogP contribution in [0.3, 0.4) is 0 Å². The van der Waals surface area contributed by atoms with Gasteiger partial charge in [-0.15, -0.1) is 0 Å². The van der Waals surface area contributed by atoms with Gasteiger partial charge in [-0.1, -0.05) is 0 Å². The van der Waals surface area contributed by atoms with Gasteiger partial charge in [0, 0.05) is 25.8 Å². The van der Waals surface area contributed by atoms with Crippen molar-refractivity contribution in [1.29, 1.82) is 0 Å². The fraction of sp³-hybridized carbons (Fsp3) is 0.571. The average molecular weight is 281 g/mol. The minimum absolute atomic E-state index is 0.0255. The first-order valence-electron chi connectivity index (χ1n) is 6.84. The summed E-state index contributed by atoms with van der Waals surface area (Å²) in [5.74, 6) is -0.862. The number of carbonyl (C=O) groups excluding carboxylic acids is 1. The van der Waals surface area contributed by atoms with E-state index in [0.717, 1.165) is 0 Å². The molecule has 1 aliphatic heterocycles. The van der Waals surface area contributed by atoms with Crippen LogP contribution >= 0.6 is 0 Å². The maximum absolute atomic E-state index is 14.2. The SMILES string of the molecule is CCNc1nccc(C(=O)N2CCC(C)(O)CC2)c1F. The highest BCUT2D eigenvalue weighted by Crippen LogP contribution is 2.24. The van der Waals surface area contributed by atoms with Gasteiger partial charge in [0.05, 0.1) is 11.2 Å². The summed E-state index contributed by atoms with van der Waals surface area (Å²) in [6, 6.07) is 1.39. The molecule has 0 unspecified atom stereocenters.